The molecule has 0 aliphatic rings. The SMILES string of the molecule is CCNC(=O)CN(CC)CCOc1ccc(OCC)cc1. The van der Waals surface area contributed by atoms with Gasteiger partial charge in [0, 0.05) is 13.1 Å². The van der Waals surface area contributed by atoms with Gasteiger partial charge < -0.3 is 14.8 Å². The minimum absolute atomic E-state index is 0.0559. The molecule has 0 aliphatic carbocycles. The van der Waals surface area contributed by atoms with E-state index in [1.54, 1.807) is 0 Å². The van der Waals surface area contributed by atoms with Crippen LogP contribution in [0.3, 0.4) is 0 Å². The Hall–Kier alpha value is -1.75. The van der Waals surface area contributed by atoms with Gasteiger partial charge in [-0.3, -0.25) is 9.69 Å². The number of amides is 1. The van der Waals surface area contributed by atoms with Gasteiger partial charge in [0.25, 0.3) is 0 Å². The van der Waals surface area contributed by atoms with Crippen molar-refractivity contribution in [2.24, 2.45) is 0 Å². The molecule has 1 N–H and O–H groups in total. The van der Waals surface area contributed by atoms with Crippen molar-refractivity contribution in [1.29, 1.82) is 0 Å². The minimum atomic E-state index is 0.0559. The molecule has 0 bridgehead atoms. The third kappa shape index (κ3) is 6.99. The maximum Gasteiger partial charge on any atom is 0.234 e. The van der Waals surface area contributed by atoms with Gasteiger partial charge in [0.1, 0.15) is 18.1 Å². The van der Waals surface area contributed by atoms with Gasteiger partial charge >= 0.3 is 0 Å². The summed E-state index contributed by atoms with van der Waals surface area (Å²) in [6, 6.07) is 7.58. The zero-order valence-corrected chi connectivity index (χ0v) is 13.2. The van der Waals surface area contributed by atoms with E-state index in [0.717, 1.165) is 24.6 Å². The molecule has 0 spiro atoms. The van der Waals surface area contributed by atoms with E-state index in [1.807, 2.05) is 45.0 Å². The first-order valence-corrected chi connectivity index (χ1v) is 7.54. The molecule has 0 unspecified atom stereocenters. The molecule has 21 heavy (non-hydrogen) atoms. The van der Waals surface area contributed by atoms with Crippen molar-refractivity contribution < 1.29 is 14.3 Å². The highest BCUT2D eigenvalue weighted by Crippen LogP contribution is 2.17. The predicted molar refractivity (Wildman–Crippen MR) is 83.9 cm³/mol. The quantitative estimate of drug-likeness (QED) is 0.716. The van der Waals surface area contributed by atoms with Crippen LogP contribution in [0.5, 0.6) is 11.5 Å². The Morgan fingerprint density at radius 3 is 2.24 bits per heavy atom. The van der Waals surface area contributed by atoms with E-state index in [1.165, 1.54) is 0 Å². The molecule has 0 saturated heterocycles. The van der Waals surface area contributed by atoms with Crippen LogP contribution in [0.4, 0.5) is 0 Å². The van der Waals surface area contributed by atoms with E-state index in [0.29, 0.717) is 26.3 Å². The number of hydrogen-bond acceptors (Lipinski definition) is 4. The fraction of sp³-hybridized carbons (Fsp3) is 0.562. The standard InChI is InChI=1S/C16H26N2O3/c1-4-17-16(19)13-18(5-2)11-12-21-15-9-7-14(8-10-15)20-6-3/h7-10H,4-6,11-13H2,1-3H3,(H,17,19). The third-order valence-electron chi connectivity index (χ3n) is 3.00. The largest absolute Gasteiger partial charge is 0.494 e. The van der Waals surface area contributed by atoms with Crippen molar-refractivity contribution >= 4 is 5.91 Å². The lowest BCUT2D eigenvalue weighted by atomic mass is 10.3. The van der Waals surface area contributed by atoms with Crippen molar-refractivity contribution in [2.75, 3.05) is 39.4 Å². The van der Waals surface area contributed by atoms with Gasteiger partial charge in [-0.15, -0.1) is 0 Å². The first-order valence-electron chi connectivity index (χ1n) is 7.54. The minimum Gasteiger partial charge on any atom is -0.494 e. The van der Waals surface area contributed by atoms with Gasteiger partial charge in [-0.25, -0.2) is 0 Å². The van der Waals surface area contributed by atoms with E-state index in [2.05, 4.69) is 10.2 Å². The number of hydrogen-bond donors (Lipinski definition) is 1. The van der Waals surface area contributed by atoms with E-state index < -0.39 is 0 Å². The van der Waals surface area contributed by atoms with Crippen LogP contribution in [-0.4, -0.2) is 50.2 Å². The molecule has 5 nitrogen and oxygen atoms in total. The third-order valence-corrected chi connectivity index (χ3v) is 3.00. The number of carbonyl (C=O) groups is 1. The Bertz CT molecular complexity index is 406. The van der Waals surface area contributed by atoms with Crippen molar-refractivity contribution in [1.82, 2.24) is 10.2 Å². The van der Waals surface area contributed by atoms with E-state index in [9.17, 15) is 4.79 Å². The molecule has 0 heterocycles. The molecule has 1 amide bonds. The molecule has 0 fully saturated rings. The van der Waals surface area contributed by atoms with Crippen LogP contribution >= 0.6 is 0 Å². The molecule has 0 atom stereocenters. The average molecular weight is 294 g/mol. The predicted octanol–water partition coefficient (Wildman–Crippen LogP) is 1.92. The summed E-state index contributed by atoms with van der Waals surface area (Å²) in [4.78, 5) is 13.6. The highest BCUT2D eigenvalue weighted by atomic mass is 16.5. The van der Waals surface area contributed by atoms with Crippen LogP contribution in [0.2, 0.25) is 0 Å². The smallest absolute Gasteiger partial charge is 0.234 e. The summed E-state index contributed by atoms with van der Waals surface area (Å²) >= 11 is 0. The highest BCUT2D eigenvalue weighted by molar-refractivity contribution is 5.77. The molecular formula is C16H26N2O3. The van der Waals surface area contributed by atoms with Crippen molar-refractivity contribution in [2.45, 2.75) is 20.8 Å². The second kappa shape index (κ2) is 10.0. The van der Waals surface area contributed by atoms with Gasteiger partial charge in [-0.05, 0) is 44.7 Å². The highest BCUT2D eigenvalue weighted by Gasteiger charge is 2.08. The first kappa shape index (κ1) is 17.3. The maximum atomic E-state index is 11.5. The van der Waals surface area contributed by atoms with E-state index >= 15 is 0 Å². The molecule has 1 aromatic carbocycles. The molecule has 1 aromatic rings. The molecule has 0 aliphatic heterocycles. The maximum absolute atomic E-state index is 11.5. The zero-order valence-electron chi connectivity index (χ0n) is 13.2. The lowest BCUT2D eigenvalue weighted by Crippen LogP contribution is -2.38. The summed E-state index contributed by atoms with van der Waals surface area (Å²) in [5, 5.41) is 2.80. The van der Waals surface area contributed by atoms with Gasteiger partial charge in [-0.1, -0.05) is 6.92 Å². The van der Waals surface area contributed by atoms with Crippen LogP contribution in [0.1, 0.15) is 20.8 Å². The van der Waals surface area contributed by atoms with Gasteiger partial charge in [0.15, 0.2) is 0 Å². The summed E-state index contributed by atoms with van der Waals surface area (Å²) in [6.07, 6.45) is 0. The topological polar surface area (TPSA) is 50.8 Å². The second-order valence-corrected chi connectivity index (χ2v) is 4.58. The molecule has 5 heteroatoms. The number of benzene rings is 1. The summed E-state index contributed by atoms with van der Waals surface area (Å²) in [7, 11) is 0. The Balaban J connectivity index is 2.31. The molecule has 1 rings (SSSR count). The number of nitrogens with zero attached hydrogens (tertiary/aromatic N) is 1. The Morgan fingerprint density at radius 1 is 1.10 bits per heavy atom. The zero-order chi connectivity index (χ0) is 15.5. The number of rotatable bonds is 10. The Labute approximate surface area is 127 Å². The van der Waals surface area contributed by atoms with Gasteiger partial charge in [0.05, 0.1) is 13.2 Å². The lowest BCUT2D eigenvalue weighted by Gasteiger charge is -2.19. The average Bonchev–Trinajstić information content (AvgIpc) is 2.48. The van der Waals surface area contributed by atoms with Crippen LogP contribution in [0.15, 0.2) is 24.3 Å². The monoisotopic (exact) mass is 294 g/mol. The summed E-state index contributed by atoms with van der Waals surface area (Å²) in [5.41, 5.74) is 0. The van der Waals surface area contributed by atoms with Crippen LogP contribution < -0.4 is 14.8 Å². The van der Waals surface area contributed by atoms with E-state index in [4.69, 9.17) is 9.47 Å². The van der Waals surface area contributed by atoms with Gasteiger partial charge in [0.2, 0.25) is 5.91 Å². The fourth-order valence-electron chi connectivity index (χ4n) is 1.90. The van der Waals surface area contributed by atoms with Crippen molar-refractivity contribution in [3.63, 3.8) is 0 Å². The molecule has 0 aromatic heterocycles. The van der Waals surface area contributed by atoms with Crippen LogP contribution in [0, 0.1) is 0 Å². The lowest BCUT2D eigenvalue weighted by molar-refractivity contribution is -0.122. The number of carbonyl (C=O) groups excluding carboxylic acids is 1. The van der Waals surface area contributed by atoms with E-state index in [-0.39, 0.29) is 5.91 Å². The summed E-state index contributed by atoms with van der Waals surface area (Å²) in [5.74, 6) is 1.71. The summed E-state index contributed by atoms with van der Waals surface area (Å²) in [6.45, 7) is 9.76. The first-order chi connectivity index (χ1) is 10.2. The number of likely N-dealkylation sites (N-methyl/N-ethyl adjacent to an activating group) is 2. The normalized spacial score (nSPS) is 10.5. The summed E-state index contributed by atoms with van der Waals surface area (Å²) < 4.78 is 11.1. The van der Waals surface area contributed by atoms with Gasteiger partial charge in [-0.2, -0.15) is 0 Å². The fourth-order valence-corrected chi connectivity index (χ4v) is 1.90. The molecular weight excluding hydrogens is 268 g/mol. The van der Waals surface area contributed by atoms with Crippen molar-refractivity contribution in [3.05, 3.63) is 24.3 Å². The van der Waals surface area contributed by atoms with Crippen LogP contribution in [0.25, 0.3) is 0 Å². The molecule has 0 saturated carbocycles. The Kier molecular flexibility index (Phi) is 8.28. The molecule has 0 radical (unpaired) electrons. The number of ether oxygens (including phenoxy) is 2. The molecule has 118 valence electrons. The van der Waals surface area contributed by atoms with Crippen LogP contribution in [-0.2, 0) is 4.79 Å². The second-order valence-electron chi connectivity index (χ2n) is 4.58. The Morgan fingerprint density at radius 2 is 1.71 bits per heavy atom. The van der Waals surface area contributed by atoms with Crippen molar-refractivity contribution in [3.8, 4) is 11.5 Å². The number of nitrogens with one attached hydrogen (secondary N) is 1.